The second-order valence-electron chi connectivity index (χ2n) is 7.51. The van der Waals surface area contributed by atoms with Crippen LogP contribution >= 0.6 is 45.2 Å². The third-order valence-electron chi connectivity index (χ3n) is 5.39. The molecular weight excluding hydrogens is 741 g/mol. The van der Waals surface area contributed by atoms with Crippen molar-refractivity contribution in [1.29, 1.82) is 10.5 Å². The van der Waals surface area contributed by atoms with Gasteiger partial charge in [0, 0.05) is 35.0 Å². The van der Waals surface area contributed by atoms with Gasteiger partial charge in [0.15, 0.2) is 0 Å². The van der Waals surface area contributed by atoms with Crippen molar-refractivity contribution in [1.82, 2.24) is 0 Å². The molecule has 1 atom stereocenters. The Bertz CT molecular complexity index is 1370. The summed E-state index contributed by atoms with van der Waals surface area (Å²) in [6, 6.07) is 13.6. The summed E-state index contributed by atoms with van der Waals surface area (Å²) in [6.45, 7) is 0. The Morgan fingerprint density at radius 2 is 0.973 bits per heavy atom. The quantitative estimate of drug-likeness (QED) is 0.198. The Balaban J connectivity index is 2.77. The molecule has 0 N–H and O–H groups in total. The van der Waals surface area contributed by atoms with Crippen LogP contribution in [0.2, 0.25) is 0 Å². The van der Waals surface area contributed by atoms with E-state index in [-0.39, 0.29) is 7.14 Å². The lowest BCUT2D eigenvalue weighted by Crippen LogP contribution is -2.60. The second kappa shape index (κ2) is 9.98. The van der Waals surface area contributed by atoms with E-state index in [1.165, 1.54) is 69.4 Å². The largest absolute Gasteiger partial charge is 0.457 e. The van der Waals surface area contributed by atoms with Gasteiger partial charge in [-0.25, -0.2) is 4.39 Å². The monoisotopic (exact) mass is 750 g/mol. The molecule has 0 aliphatic carbocycles. The lowest BCUT2D eigenvalue weighted by atomic mass is 9.77. The lowest BCUT2D eigenvalue weighted by molar-refractivity contribution is -0.389. The maximum Gasteiger partial charge on any atom is 0.457 e. The molecular formula is C24H9F9I2N2. The van der Waals surface area contributed by atoms with E-state index in [9.17, 15) is 45.6 Å². The smallest absolute Gasteiger partial charge is 0.221 e. The molecule has 0 aliphatic heterocycles. The van der Waals surface area contributed by atoms with E-state index < -0.39 is 62.9 Å². The van der Waals surface area contributed by atoms with E-state index in [2.05, 4.69) is 0 Å². The van der Waals surface area contributed by atoms with E-state index in [1.807, 2.05) is 0 Å². The summed E-state index contributed by atoms with van der Waals surface area (Å²) in [6.07, 6.45) is -13.8. The molecule has 3 aromatic carbocycles. The first-order valence-electron chi connectivity index (χ1n) is 9.76. The molecule has 13 heteroatoms. The third kappa shape index (κ3) is 4.65. The van der Waals surface area contributed by atoms with E-state index in [0.717, 1.165) is 30.3 Å². The van der Waals surface area contributed by atoms with Crippen LogP contribution in [0.25, 0.3) is 22.3 Å². The Labute approximate surface area is 231 Å². The number of hydrogen-bond acceptors (Lipinski definition) is 2. The Morgan fingerprint density at radius 1 is 0.595 bits per heavy atom. The molecule has 0 saturated carbocycles. The van der Waals surface area contributed by atoms with Crippen LogP contribution < -0.4 is 0 Å². The molecule has 0 saturated heterocycles. The molecule has 192 valence electrons. The highest BCUT2D eigenvalue weighted by molar-refractivity contribution is 14.1. The minimum Gasteiger partial charge on any atom is -0.221 e. The van der Waals surface area contributed by atoms with Crippen molar-refractivity contribution in [3.63, 3.8) is 0 Å². The number of alkyl halides is 9. The molecule has 0 fully saturated rings. The molecule has 0 radical (unpaired) electrons. The van der Waals surface area contributed by atoms with Crippen LogP contribution in [-0.2, 0) is 5.67 Å². The van der Waals surface area contributed by atoms with E-state index in [0.29, 0.717) is 0 Å². The molecule has 2 nitrogen and oxygen atoms in total. The Kier molecular flexibility index (Phi) is 7.83. The topological polar surface area (TPSA) is 47.6 Å². The first-order chi connectivity index (χ1) is 17.0. The lowest BCUT2D eigenvalue weighted by Gasteiger charge is -2.39. The van der Waals surface area contributed by atoms with Crippen LogP contribution in [0.15, 0.2) is 54.6 Å². The van der Waals surface area contributed by atoms with Crippen LogP contribution in [-0.4, -0.2) is 18.3 Å². The van der Waals surface area contributed by atoms with Gasteiger partial charge in [-0.15, -0.1) is 0 Å². The molecule has 0 aromatic heterocycles. The summed E-state index contributed by atoms with van der Waals surface area (Å²) in [4.78, 5) is 0. The third-order valence-corrected chi connectivity index (χ3v) is 7.09. The molecule has 0 heterocycles. The molecule has 37 heavy (non-hydrogen) atoms. The predicted molar refractivity (Wildman–Crippen MR) is 132 cm³/mol. The number of nitrogens with zero attached hydrogens (tertiary/aromatic N) is 2. The zero-order valence-electron chi connectivity index (χ0n) is 17.7. The van der Waals surface area contributed by atoms with Gasteiger partial charge in [-0.05, 0) is 63.4 Å². The first kappa shape index (κ1) is 29.0. The number of hydrogen-bond donors (Lipinski definition) is 0. The van der Waals surface area contributed by atoms with Crippen molar-refractivity contribution >= 4 is 45.2 Å². The number of benzene rings is 3. The zero-order chi connectivity index (χ0) is 28.0. The van der Waals surface area contributed by atoms with Crippen molar-refractivity contribution in [3.8, 4) is 34.4 Å². The van der Waals surface area contributed by atoms with Crippen molar-refractivity contribution in [3.05, 3.63) is 78.4 Å². The second-order valence-corrected chi connectivity index (χ2v) is 9.83. The molecule has 3 rings (SSSR count). The number of nitriles is 2. The standard InChI is InChI=1S/C24H9F9I2N2/c25-21(23(28,29)30,22(26,27)24(31,32)33)20-18(14-7-3-1-5-12(14)10-36)16(34)9-17(35)19(20)15-8-4-2-6-13(15)11-37/h1-9H. The zero-order valence-corrected chi connectivity index (χ0v) is 22.1. The maximum atomic E-state index is 16.3. The van der Waals surface area contributed by atoms with Gasteiger partial charge < -0.3 is 0 Å². The fourth-order valence-corrected chi connectivity index (χ4v) is 6.10. The van der Waals surface area contributed by atoms with Gasteiger partial charge in [-0.1, -0.05) is 36.4 Å². The Hall–Kier alpha value is -2.53. The minimum absolute atomic E-state index is 0.331. The van der Waals surface area contributed by atoms with Gasteiger partial charge in [-0.2, -0.15) is 45.6 Å². The van der Waals surface area contributed by atoms with Gasteiger partial charge in [-0.3, -0.25) is 0 Å². The minimum atomic E-state index is -6.97. The summed E-state index contributed by atoms with van der Waals surface area (Å²) in [5.74, 6) is -6.97. The highest BCUT2D eigenvalue weighted by Gasteiger charge is 2.82. The SMILES string of the molecule is N#Cc1ccccc1-c1c(I)cc(I)c(-c2ccccc2C#N)c1C(F)(C(F)(F)F)C(F)(F)C(F)(F)F. The molecule has 0 amide bonds. The van der Waals surface area contributed by atoms with Crippen LogP contribution in [0, 0.1) is 29.8 Å². The molecule has 0 spiro atoms. The molecule has 1 unspecified atom stereocenters. The summed E-state index contributed by atoms with van der Waals surface area (Å²) >= 11 is 2.76. The average Bonchev–Trinajstić information content (AvgIpc) is 2.81. The van der Waals surface area contributed by atoms with Crippen LogP contribution in [0.3, 0.4) is 0 Å². The van der Waals surface area contributed by atoms with Gasteiger partial charge >= 0.3 is 23.9 Å². The van der Waals surface area contributed by atoms with Crippen molar-refractivity contribution < 1.29 is 39.5 Å². The van der Waals surface area contributed by atoms with Gasteiger partial charge in [0.25, 0.3) is 0 Å². The highest BCUT2D eigenvalue weighted by atomic mass is 127. The molecule has 3 aromatic rings. The maximum absolute atomic E-state index is 16.3. The average molecular weight is 750 g/mol. The highest BCUT2D eigenvalue weighted by Crippen LogP contribution is 2.62. The summed E-state index contributed by atoms with van der Waals surface area (Å²) in [7, 11) is 0. The van der Waals surface area contributed by atoms with Gasteiger partial charge in [0.1, 0.15) is 0 Å². The Morgan fingerprint density at radius 3 is 1.30 bits per heavy atom. The molecule has 0 bridgehead atoms. The fraction of sp³-hybridized carbons (Fsp3) is 0.167. The van der Waals surface area contributed by atoms with Crippen molar-refractivity contribution in [2.45, 2.75) is 23.9 Å². The number of halogens is 11. The van der Waals surface area contributed by atoms with Crippen LogP contribution in [0.4, 0.5) is 39.5 Å². The first-order valence-corrected chi connectivity index (χ1v) is 11.9. The summed E-state index contributed by atoms with van der Waals surface area (Å²) in [5, 5.41) is 19.0. The van der Waals surface area contributed by atoms with Crippen molar-refractivity contribution in [2.24, 2.45) is 0 Å². The normalized spacial score (nSPS) is 14.0. The predicted octanol–water partition coefficient (Wildman–Crippen LogP) is 8.90. The van der Waals surface area contributed by atoms with Crippen molar-refractivity contribution in [2.75, 3.05) is 0 Å². The van der Waals surface area contributed by atoms with Gasteiger partial charge in [0.05, 0.1) is 23.3 Å². The fourth-order valence-electron chi connectivity index (χ4n) is 3.76. The van der Waals surface area contributed by atoms with Crippen LogP contribution in [0.1, 0.15) is 16.7 Å². The molecule has 0 aliphatic rings. The van der Waals surface area contributed by atoms with E-state index in [4.69, 9.17) is 0 Å². The van der Waals surface area contributed by atoms with Crippen LogP contribution in [0.5, 0.6) is 0 Å². The summed E-state index contributed by atoms with van der Waals surface area (Å²) in [5.41, 5.74) is -12.1. The summed E-state index contributed by atoms with van der Waals surface area (Å²) < 4.78 is 129. The van der Waals surface area contributed by atoms with Gasteiger partial charge in [0.2, 0.25) is 0 Å². The number of rotatable bonds is 4. The van der Waals surface area contributed by atoms with E-state index in [1.54, 1.807) is 12.1 Å². The van der Waals surface area contributed by atoms with E-state index >= 15 is 4.39 Å².